The van der Waals surface area contributed by atoms with Gasteiger partial charge >= 0.3 is 0 Å². The first-order valence-corrected chi connectivity index (χ1v) is 5.59. The summed E-state index contributed by atoms with van der Waals surface area (Å²) >= 11 is 0. The number of aromatic amines is 1. The number of benzene rings is 2. The summed E-state index contributed by atoms with van der Waals surface area (Å²) in [5.41, 5.74) is 3.02. The average molecular weight is 242 g/mol. The van der Waals surface area contributed by atoms with Gasteiger partial charge in [-0.05, 0) is 48.9 Å². The molecule has 0 saturated carbocycles. The number of hydrogen-bond acceptors (Lipinski definition) is 2. The highest BCUT2D eigenvalue weighted by Crippen LogP contribution is 2.25. The zero-order valence-corrected chi connectivity index (χ0v) is 9.74. The predicted octanol–water partition coefficient (Wildman–Crippen LogP) is 3.38. The van der Waals surface area contributed by atoms with E-state index < -0.39 is 0 Å². The Balaban J connectivity index is 2.16. The van der Waals surface area contributed by atoms with Crippen LogP contribution in [0.2, 0.25) is 0 Å². The number of imidazole rings is 1. The predicted molar refractivity (Wildman–Crippen MR) is 67.9 cm³/mol. The minimum Gasteiger partial charge on any atom is -0.508 e. The number of aryl methyl sites for hydroxylation is 1. The van der Waals surface area contributed by atoms with Crippen molar-refractivity contribution in [1.29, 1.82) is 0 Å². The molecule has 0 fully saturated rings. The molecule has 1 aromatic heterocycles. The number of phenolic OH excluding ortho intramolecular Hbond substituents is 1. The Morgan fingerprint density at radius 1 is 1.17 bits per heavy atom. The SMILES string of the molecule is Cc1cc(-c2nc3ccc(F)cc3[nH]2)ccc1O. The molecule has 0 aliphatic heterocycles. The fourth-order valence-corrected chi connectivity index (χ4v) is 1.92. The van der Waals surface area contributed by atoms with Gasteiger partial charge < -0.3 is 10.1 Å². The largest absolute Gasteiger partial charge is 0.508 e. The third-order valence-electron chi connectivity index (χ3n) is 2.91. The maximum Gasteiger partial charge on any atom is 0.138 e. The molecule has 2 N–H and O–H groups in total. The van der Waals surface area contributed by atoms with Gasteiger partial charge in [0.2, 0.25) is 0 Å². The van der Waals surface area contributed by atoms with Gasteiger partial charge in [0.25, 0.3) is 0 Å². The quantitative estimate of drug-likeness (QED) is 0.687. The molecule has 0 unspecified atom stereocenters. The van der Waals surface area contributed by atoms with E-state index in [-0.39, 0.29) is 11.6 Å². The van der Waals surface area contributed by atoms with Crippen LogP contribution in [0.1, 0.15) is 5.56 Å². The zero-order chi connectivity index (χ0) is 12.7. The maximum absolute atomic E-state index is 13.1. The number of aromatic hydroxyl groups is 1. The number of aromatic nitrogens is 2. The summed E-state index contributed by atoms with van der Waals surface area (Å²) in [4.78, 5) is 7.46. The molecule has 0 saturated heterocycles. The van der Waals surface area contributed by atoms with Crippen LogP contribution in [0.15, 0.2) is 36.4 Å². The van der Waals surface area contributed by atoms with Gasteiger partial charge in [0, 0.05) is 5.56 Å². The summed E-state index contributed by atoms with van der Waals surface area (Å²) in [7, 11) is 0. The third-order valence-corrected chi connectivity index (χ3v) is 2.91. The Bertz CT molecular complexity index is 734. The number of nitrogens with one attached hydrogen (secondary N) is 1. The van der Waals surface area contributed by atoms with E-state index in [1.54, 1.807) is 18.2 Å². The van der Waals surface area contributed by atoms with Crippen molar-refractivity contribution in [3.8, 4) is 17.1 Å². The van der Waals surface area contributed by atoms with E-state index in [1.807, 2.05) is 13.0 Å². The Morgan fingerprint density at radius 3 is 2.78 bits per heavy atom. The fraction of sp³-hybridized carbons (Fsp3) is 0.0714. The highest BCUT2D eigenvalue weighted by atomic mass is 19.1. The molecule has 0 aliphatic carbocycles. The van der Waals surface area contributed by atoms with Gasteiger partial charge in [-0.15, -0.1) is 0 Å². The molecule has 2 aromatic carbocycles. The molecule has 3 nitrogen and oxygen atoms in total. The van der Waals surface area contributed by atoms with Crippen LogP contribution in [0, 0.1) is 12.7 Å². The maximum atomic E-state index is 13.1. The van der Waals surface area contributed by atoms with Crippen LogP contribution in [-0.4, -0.2) is 15.1 Å². The second-order valence-electron chi connectivity index (χ2n) is 4.25. The molecule has 0 atom stereocenters. The van der Waals surface area contributed by atoms with E-state index in [0.717, 1.165) is 16.6 Å². The van der Waals surface area contributed by atoms with Crippen molar-refractivity contribution < 1.29 is 9.50 Å². The lowest BCUT2D eigenvalue weighted by molar-refractivity contribution is 0.471. The summed E-state index contributed by atoms with van der Waals surface area (Å²) in [5.74, 6) is 0.624. The van der Waals surface area contributed by atoms with E-state index in [2.05, 4.69) is 9.97 Å². The van der Waals surface area contributed by atoms with Crippen molar-refractivity contribution in [3.63, 3.8) is 0 Å². The van der Waals surface area contributed by atoms with Crippen molar-refractivity contribution >= 4 is 11.0 Å². The van der Waals surface area contributed by atoms with E-state index in [1.165, 1.54) is 12.1 Å². The molecule has 0 aliphatic rings. The van der Waals surface area contributed by atoms with E-state index in [0.29, 0.717) is 11.3 Å². The van der Waals surface area contributed by atoms with Crippen LogP contribution in [0.25, 0.3) is 22.4 Å². The lowest BCUT2D eigenvalue weighted by Gasteiger charge is -2.00. The molecule has 0 bridgehead atoms. The topological polar surface area (TPSA) is 48.9 Å². The Hall–Kier alpha value is -2.36. The Kier molecular flexibility index (Phi) is 2.30. The van der Waals surface area contributed by atoms with Gasteiger partial charge in [0.05, 0.1) is 11.0 Å². The van der Waals surface area contributed by atoms with Crippen LogP contribution < -0.4 is 0 Å². The van der Waals surface area contributed by atoms with Crippen molar-refractivity contribution in [1.82, 2.24) is 9.97 Å². The standard InChI is InChI=1S/C14H11FN2O/c1-8-6-9(2-5-13(8)18)14-16-11-4-3-10(15)7-12(11)17-14/h2-7,18H,1H3,(H,16,17). The van der Waals surface area contributed by atoms with Crippen LogP contribution in [0.4, 0.5) is 4.39 Å². The van der Waals surface area contributed by atoms with Crippen LogP contribution in [-0.2, 0) is 0 Å². The van der Waals surface area contributed by atoms with E-state index in [9.17, 15) is 9.50 Å². The molecule has 3 aromatic rings. The van der Waals surface area contributed by atoms with Crippen molar-refractivity contribution in [3.05, 3.63) is 47.8 Å². The summed E-state index contributed by atoms with van der Waals surface area (Å²) in [6, 6.07) is 9.67. The van der Waals surface area contributed by atoms with Crippen molar-refractivity contribution in [2.24, 2.45) is 0 Å². The Morgan fingerprint density at radius 2 is 2.00 bits per heavy atom. The molecule has 1 heterocycles. The zero-order valence-electron chi connectivity index (χ0n) is 9.74. The van der Waals surface area contributed by atoms with Gasteiger partial charge in [-0.2, -0.15) is 0 Å². The second-order valence-corrected chi connectivity index (χ2v) is 4.25. The van der Waals surface area contributed by atoms with Gasteiger partial charge in [-0.25, -0.2) is 9.37 Å². The molecule has 0 amide bonds. The molecule has 18 heavy (non-hydrogen) atoms. The van der Waals surface area contributed by atoms with Gasteiger partial charge in [0.1, 0.15) is 17.4 Å². The first-order valence-electron chi connectivity index (χ1n) is 5.59. The lowest BCUT2D eigenvalue weighted by Crippen LogP contribution is -1.82. The number of nitrogens with zero attached hydrogens (tertiary/aromatic N) is 1. The smallest absolute Gasteiger partial charge is 0.138 e. The highest BCUT2D eigenvalue weighted by Gasteiger charge is 2.07. The second kappa shape index (κ2) is 3.84. The van der Waals surface area contributed by atoms with E-state index in [4.69, 9.17) is 0 Å². The molecule has 0 radical (unpaired) electrons. The molecular formula is C14H11FN2O. The van der Waals surface area contributed by atoms with Gasteiger partial charge in [0.15, 0.2) is 0 Å². The first kappa shape index (κ1) is 10.8. The first-order chi connectivity index (χ1) is 8.63. The van der Waals surface area contributed by atoms with Crippen LogP contribution >= 0.6 is 0 Å². The molecule has 3 rings (SSSR count). The molecule has 0 spiro atoms. The Labute approximate surface area is 103 Å². The highest BCUT2D eigenvalue weighted by molar-refractivity contribution is 5.79. The summed E-state index contributed by atoms with van der Waals surface area (Å²) in [5, 5.41) is 9.49. The number of hydrogen-bond donors (Lipinski definition) is 2. The number of phenols is 1. The monoisotopic (exact) mass is 242 g/mol. The molecule has 4 heteroatoms. The van der Waals surface area contributed by atoms with Gasteiger partial charge in [-0.1, -0.05) is 0 Å². The normalized spacial score (nSPS) is 11.0. The number of halogens is 1. The summed E-state index contributed by atoms with van der Waals surface area (Å²) < 4.78 is 13.1. The lowest BCUT2D eigenvalue weighted by atomic mass is 10.1. The summed E-state index contributed by atoms with van der Waals surface area (Å²) in [6.07, 6.45) is 0. The summed E-state index contributed by atoms with van der Waals surface area (Å²) in [6.45, 7) is 1.82. The fourth-order valence-electron chi connectivity index (χ4n) is 1.92. The number of H-pyrrole nitrogens is 1. The number of fused-ring (bicyclic) bond motifs is 1. The minimum absolute atomic E-state index is 0.251. The molecule has 90 valence electrons. The van der Waals surface area contributed by atoms with Crippen LogP contribution in [0.3, 0.4) is 0 Å². The van der Waals surface area contributed by atoms with E-state index >= 15 is 0 Å². The molecular weight excluding hydrogens is 231 g/mol. The van der Waals surface area contributed by atoms with Crippen molar-refractivity contribution in [2.75, 3.05) is 0 Å². The minimum atomic E-state index is -0.292. The van der Waals surface area contributed by atoms with Crippen LogP contribution in [0.5, 0.6) is 5.75 Å². The van der Waals surface area contributed by atoms with Crippen molar-refractivity contribution in [2.45, 2.75) is 6.92 Å². The number of rotatable bonds is 1. The van der Waals surface area contributed by atoms with Gasteiger partial charge in [-0.3, -0.25) is 0 Å². The average Bonchev–Trinajstić information content (AvgIpc) is 2.75. The third kappa shape index (κ3) is 1.72.